The van der Waals surface area contributed by atoms with Gasteiger partial charge in [-0.15, -0.1) is 0 Å². The minimum atomic E-state index is -0.0508. The van der Waals surface area contributed by atoms with E-state index in [1.165, 1.54) is 0 Å². The van der Waals surface area contributed by atoms with E-state index in [2.05, 4.69) is 48.5 Å². The van der Waals surface area contributed by atoms with E-state index in [0.717, 1.165) is 42.0 Å². The predicted octanol–water partition coefficient (Wildman–Crippen LogP) is 14.0. The van der Waals surface area contributed by atoms with Crippen LogP contribution in [0.4, 0.5) is 0 Å². The Kier molecular flexibility index (Phi) is 12.0. The molecule has 8 aromatic rings. The second-order valence-corrected chi connectivity index (χ2v) is 16.0. The number of ether oxygens (including phenoxy) is 3. The third-order valence-corrected chi connectivity index (χ3v) is 11.6. The first-order valence-electron chi connectivity index (χ1n) is 19.0. The number of carbonyl (C=O) groups excluding carboxylic acids is 2. The van der Waals surface area contributed by atoms with Crippen LogP contribution in [0.25, 0.3) is 11.1 Å². The highest BCUT2D eigenvalue weighted by molar-refractivity contribution is 7.99. The van der Waals surface area contributed by atoms with Gasteiger partial charge in [-0.05, 0) is 164 Å². The molecule has 0 atom stereocenters. The standard InChI is InChI=1S/C52H38O5S2/c1-35-3-5-38(6-4-35)51(53)40-13-31-49(32-14-40)58-47-27-9-36(10-28-47)37-11-29-48(30-12-37)59-50-33-15-41(16-34-50)52(54)39-7-17-43(18-8-39)56-45-23-25-46(26-24-45)57-44-21-19-42(55-2)20-22-44/h3-34H,1-2H3. The minimum absolute atomic E-state index is 0.0312. The van der Waals surface area contributed by atoms with Crippen LogP contribution in [0, 0.1) is 6.92 Å². The van der Waals surface area contributed by atoms with Crippen molar-refractivity contribution in [3.05, 3.63) is 222 Å². The fourth-order valence-electron chi connectivity index (χ4n) is 6.26. The molecule has 0 amide bonds. The molecule has 0 saturated heterocycles. The number of benzene rings is 8. The molecule has 0 spiro atoms. The number of carbonyl (C=O) groups is 2. The molecule has 0 N–H and O–H groups in total. The highest BCUT2D eigenvalue weighted by Gasteiger charge is 2.12. The summed E-state index contributed by atoms with van der Waals surface area (Å²) in [7, 11) is 1.63. The first-order chi connectivity index (χ1) is 28.8. The highest BCUT2D eigenvalue weighted by Crippen LogP contribution is 2.34. The summed E-state index contributed by atoms with van der Waals surface area (Å²) in [5, 5.41) is 0. The molecule has 7 heteroatoms. The van der Waals surface area contributed by atoms with Gasteiger partial charge in [0.1, 0.15) is 28.7 Å². The zero-order chi connectivity index (χ0) is 40.6. The fraction of sp³-hybridized carbons (Fsp3) is 0.0385. The van der Waals surface area contributed by atoms with Crippen molar-refractivity contribution < 1.29 is 23.8 Å². The third-order valence-electron chi connectivity index (χ3n) is 9.53. The second-order valence-electron chi connectivity index (χ2n) is 13.7. The summed E-state index contributed by atoms with van der Waals surface area (Å²) in [5.41, 5.74) is 6.00. The Morgan fingerprint density at radius 2 is 0.593 bits per heavy atom. The fourth-order valence-corrected chi connectivity index (χ4v) is 7.89. The lowest BCUT2D eigenvalue weighted by Gasteiger charge is -2.09. The average molecular weight is 807 g/mol. The zero-order valence-electron chi connectivity index (χ0n) is 32.3. The van der Waals surface area contributed by atoms with E-state index in [1.807, 2.05) is 128 Å². The number of methoxy groups -OCH3 is 1. The van der Waals surface area contributed by atoms with Crippen molar-refractivity contribution in [2.75, 3.05) is 7.11 Å². The molecule has 59 heavy (non-hydrogen) atoms. The molecule has 0 fully saturated rings. The van der Waals surface area contributed by atoms with E-state index in [-0.39, 0.29) is 11.6 Å². The predicted molar refractivity (Wildman–Crippen MR) is 237 cm³/mol. The van der Waals surface area contributed by atoms with Gasteiger partial charge in [0.05, 0.1) is 7.11 Å². The molecular weight excluding hydrogens is 769 g/mol. The van der Waals surface area contributed by atoms with Gasteiger partial charge in [0, 0.05) is 41.8 Å². The largest absolute Gasteiger partial charge is 0.497 e. The number of rotatable bonds is 14. The SMILES string of the molecule is COc1ccc(Oc2ccc(Oc3ccc(C(=O)c4ccc(Sc5ccc(-c6ccc(Sc7ccc(C(=O)c8ccc(C)cc8)cc7)cc6)cc5)cc4)cc3)cc2)cc1. The molecule has 0 aliphatic heterocycles. The number of hydrogen-bond acceptors (Lipinski definition) is 7. The molecule has 0 aliphatic carbocycles. The third kappa shape index (κ3) is 10.0. The molecule has 0 saturated carbocycles. The zero-order valence-corrected chi connectivity index (χ0v) is 34.0. The monoisotopic (exact) mass is 806 g/mol. The van der Waals surface area contributed by atoms with Gasteiger partial charge in [0.25, 0.3) is 0 Å². The maximum Gasteiger partial charge on any atom is 0.193 e. The average Bonchev–Trinajstić information content (AvgIpc) is 3.28. The van der Waals surface area contributed by atoms with Gasteiger partial charge in [0.15, 0.2) is 11.6 Å². The van der Waals surface area contributed by atoms with Crippen molar-refractivity contribution in [2.45, 2.75) is 26.5 Å². The Morgan fingerprint density at radius 1 is 0.339 bits per heavy atom. The summed E-state index contributed by atoms with van der Waals surface area (Å²) in [6.07, 6.45) is 0. The van der Waals surface area contributed by atoms with E-state index < -0.39 is 0 Å². The van der Waals surface area contributed by atoms with Crippen LogP contribution in [0.2, 0.25) is 0 Å². The lowest BCUT2D eigenvalue weighted by molar-refractivity contribution is 0.103. The summed E-state index contributed by atoms with van der Waals surface area (Å²) >= 11 is 3.32. The lowest BCUT2D eigenvalue weighted by Crippen LogP contribution is -2.00. The first kappa shape index (κ1) is 39.0. The molecular formula is C52H38O5S2. The molecule has 288 valence electrons. The Bertz CT molecular complexity index is 2660. The van der Waals surface area contributed by atoms with Crippen molar-refractivity contribution in [1.82, 2.24) is 0 Å². The molecule has 5 nitrogen and oxygen atoms in total. The van der Waals surface area contributed by atoms with Crippen LogP contribution in [0.1, 0.15) is 37.4 Å². The van der Waals surface area contributed by atoms with Gasteiger partial charge in [-0.25, -0.2) is 0 Å². The summed E-state index contributed by atoms with van der Waals surface area (Å²) < 4.78 is 17.1. The topological polar surface area (TPSA) is 61.8 Å². The second kappa shape index (κ2) is 18.2. The van der Waals surface area contributed by atoms with E-state index in [9.17, 15) is 9.59 Å². The van der Waals surface area contributed by atoms with Crippen molar-refractivity contribution in [2.24, 2.45) is 0 Å². The van der Waals surface area contributed by atoms with Gasteiger partial charge in [-0.2, -0.15) is 0 Å². The Balaban J connectivity index is 0.812. The molecule has 0 unspecified atom stereocenters. The molecule has 0 bridgehead atoms. The van der Waals surface area contributed by atoms with Crippen molar-refractivity contribution in [3.8, 4) is 39.9 Å². The summed E-state index contributed by atoms with van der Waals surface area (Å²) in [6, 6.07) is 62.1. The van der Waals surface area contributed by atoms with Crippen LogP contribution in [-0.4, -0.2) is 18.7 Å². The number of aryl methyl sites for hydroxylation is 1. The Labute approximate surface area is 352 Å². The van der Waals surface area contributed by atoms with Crippen LogP contribution in [0.5, 0.6) is 28.7 Å². The minimum Gasteiger partial charge on any atom is -0.497 e. The van der Waals surface area contributed by atoms with Crippen molar-refractivity contribution in [3.63, 3.8) is 0 Å². The van der Waals surface area contributed by atoms with E-state index >= 15 is 0 Å². The van der Waals surface area contributed by atoms with Gasteiger partial charge in [-0.3, -0.25) is 9.59 Å². The molecule has 0 heterocycles. The summed E-state index contributed by atoms with van der Waals surface area (Å²) in [5.74, 6) is 3.44. The Hall–Kier alpha value is -6.80. The highest BCUT2D eigenvalue weighted by atomic mass is 32.2. The molecule has 8 rings (SSSR count). The normalized spacial score (nSPS) is 10.8. The summed E-state index contributed by atoms with van der Waals surface area (Å²) in [6.45, 7) is 2.01. The summed E-state index contributed by atoms with van der Waals surface area (Å²) in [4.78, 5) is 30.5. The van der Waals surface area contributed by atoms with Gasteiger partial charge in [-0.1, -0.05) is 77.6 Å². The maximum atomic E-state index is 13.3. The number of hydrogen-bond donors (Lipinski definition) is 0. The van der Waals surface area contributed by atoms with Gasteiger partial charge < -0.3 is 14.2 Å². The smallest absolute Gasteiger partial charge is 0.193 e. The van der Waals surface area contributed by atoms with E-state index in [4.69, 9.17) is 14.2 Å². The van der Waals surface area contributed by atoms with Crippen LogP contribution in [-0.2, 0) is 0 Å². The van der Waals surface area contributed by atoms with Crippen LogP contribution in [0.3, 0.4) is 0 Å². The maximum absolute atomic E-state index is 13.3. The number of ketones is 2. The molecule has 0 aromatic heterocycles. The molecule has 8 aromatic carbocycles. The first-order valence-corrected chi connectivity index (χ1v) is 20.6. The van der Waals surface area contributed by atoms with Gasteiger partial charge >= 0.3 is 0 Å². The quantitative estimate of drug-likeness (QED) is 0.101. The van der Waals surface area contributed by atoms with Crippen LogP contribution >= 0.6 is 23.5 Å². The lowest BCUT2D eigenvalue weighted by atomic mass is 10.0. The van der Waals surface area contributed by atoms with Gasteiger partial charge in [0.2, 0.25) is 0 Å². The van der Waals surface area contributed by atoms with E-state index in [1.54, 1.807) is 54.9 Å². The molecule has 0 aliphatic rings. The van der Waals surface area contributed by atoms with Crippen molar-refractivity contribution >= 4 is 35.1 Å². The van der Waals surface area contributed by atoms with Crippen molar-refractivity contribution in [1.29, 1.82) is 0 Å². The van der Waals surface area contributed by atoms with Crippen LogP contribution in [0.15, 0.2) is 214 Å². The van der Waals surface area contributed by atoms with E-state index in [0.29, 0.717) is 45.3 Å². The molecule has 0 radical (unpaired) electrons. The van der Waals surface area contributed by atoms with Crippen LogP contribution < -0.4 is 14.2 Å². The Morgan fingerprint density at radius 3 is 0.915 bits per heavy atom.